The van der Waals surface area contributed by atoms with Crippen LogP contribution in [0.25, 0.3) is 0 Å². The lowest BCUT2D eigenvalue weighted by Gasteiger charge is -2.68. The Hall–Kier alpha value is -2.84. The van der Waals surface area contributed by atoms with Crippen LogP contribution in [0.15, 0.2) is 47.0 Å². The molecule has 3 aromatic rings. The molecule has 32 heavy (non-hydrogen) atoms. The predicted octanol–water partition coefficient (Wildman–Crippen LogP) is 4.46. The normalized spacial score (nSPS) is 23.1. The molecule has 3 aliphatic rings. The third-order valence-electron chi connectivity index (χ3n) is 5.80. The molecule has 7 nitrogen and oxygen atoms in total. The number of hydrogen-bond acceptors (Lipinski definition) is 6. The summed E-state index contributed by atoms with van der Waals surface area (Å²) in [5, 5.41) is 7.63. The second-order valence-corrected chi connectivity index (χ2v) is 9.11. The zero-order valence-corrected chi connectivity index (χ0v) is 18.3. The van der Waals surface area contributed by atoms with Gasteiger partial charge in [-0.15, -0.1) is 0 Å². The Morgan fingerprint density at radius 3 is 2.53 bits per heavy atom. The maximum absolute atomic E-state index is 13.5. The van der Waals surface area contributed by atoms with Crippen molar-refractivity contribution in [2.75, 3.05) is 6.61 Å². The Morgan fingerprint density at radius 1 is 1.09 bits per heavy atom. The van der Waals surface area contributed by atoms with Crippen molar-refractivity contribution in [3.63, 3.8) is 0 Å². The number of benzene rings is 2. The minimum atomic E-state index is -0.594. The summed E-state index contributed by atoms with van der Waals surface area (Å²) in [6.07, 6.45) is 2.17. The van der Waals surface area contributed by atoms with Crippen LogP contribution >= 0.6 is 23.2 Å². The first-order valence-corrected chi connectivity index (χ1v) is 10.7. The van der Waals surface area contributed by atoms with Gasteiger partial charge in [-0.05, 0) is 55.7 Å². The van der Waals surface area contributed by atoms with Crippen molar-refractivity contribution in [2.45, 2.75) is 36.8 Å². The van der Waals surface area contributed by atoms with E-state index in [9.17, 15) is 9.18 Å². The summed E-state index contributed by atoms with van der Waals surface area (Å²) in [6, 6.07) is 11.1. The van der Waals surface area contributed by atoms with Gasteiger partial charge in [0, 0.05) is 16.6 Å². The number of nitrogens with one attached hydrogen (secondary N) is 1. The van der Waals surface area contributed by atoms with Crippen molar-refractivity contribution < 1.29 is 23.2 Å². The molecule has 1 N–H and O–H groups in total. The van der Waals surface area contributed by atoms with Crippen LogP contribution in [0, 0.1) is 5.82 Å². The topological polar surface area (TPSA) is 86.5 Å². The molecule has 3 saturated carbocycles. The molecular weight excluding hydrogens is 460 g/mol. The second-order valence-electron chi connectivity index (χ2n) is 8.26. The first-order valence-electron chi connectivity index (χ1n) is 9.95. The molecule has 0 aliphatic heterocycles. The van der Waals surface area contributed by atoms with E-state index in [1.807, 2.05) is 0 Å². The average Bonchev–Trinajstić information content (AvgIpc) is 3.19. The zero-order chi connectivity index (χ0) is 22.3. The van der Waals surface area contributed by atoms with Gasteiger partial charge in [-0.25, -0.2) is 4.39 Å². The van der Waals surface area contributed by atoms with E-state index in [1.165, 1.54) is 12.1 Å². The highest BCUT2D eigenvalue weighted by Crippen LogP contribution is 2.67. The summed E-state index contributed by atoms with van der Waals surface area (Å²) < 4.78 is 29.9. The number of carbonyl (C=O) groups excluding carboxylic acids is 1. The molecule has 10 heteroatoms. The van der Waals surface area contributed by atoms with Crippen molar-refractivity contribution >= 4 is 29.1 Å². The summed E-state index contributed by atoms with van der Waals surface area (Å²) in [7, 11) is 0. The molecule has 2 aromatic carbocycles. The molecule has 1 heterocycles. The van der Waals surface area contributed by atoms with Crippen molar-refractivity contribution in [3.8, 4) is 11.5 Å². The van der Waals surface area contributed by atoms with Crippen molar-refractivity contribution in [3.05, 3.63) is 70.0 Å². The van der Waals surface area contributed by atoms with Crippen LogP contribution in [0.1, 0.15) is 31.0 Å². The molecule has 3 aliphatic carbocycles. The molecule has 0 unspecified atom stereocenters. The fraction of sp³-hybridized carbons (Fsp3) is 0.318. The fourth-order valence-electron chi connectivity index (χ4n) is 4.40. The number of halogens is 3. The minimum absolute atomic E-state index is 0.00157. The van der Waals surface area contributed by atoms with Crippen molar-refractivity contribution in [2.24, 2.45) is 0 Å². The lowest BCUT2D eigenvalue weighted by Crippen LogP contribution is -2.77. The smallest absolute Gasteiger partial charge is 0.258 e. The molecule has 3 fully saturated rings. The van der Waals surface area contributed by atoms with Gasteiger partial charge in [0.25, 0.3) is 5.91 Å². The highest BCUT2D eigenvalue weighted by Gasteiger charge is 2.72. The van der Waals surface area contributed by atoms with Gasteiger partial charge in [0.05, 0.1) is 10.4 Å². The summed E-state index contributed by atoms with van der Waals surface area (Å²) >= 11 is 11.5. The molecule has 1 amide bonds. The standard InChI is InChI=1S/C22H18Cl2FN3O4/c23-13-1-3-14(4-2-13)30-8-18-26-20(32-28-18)21-10-22(11-21,12-21)27-19(29)9-31-15-5-6-16(24)17(25)7-15/h1-7H,8-12H2,(H,27,29). The number of ether oxygens (including phenoxy) is 2. The molecule has 166 valence electrons. The van der Waals surface area contributed by atoms with Gasteiger partial charge < -0.3 is 19.3 Å². The van der Waals surface area contributed by atoms with E-state index in [0.717, 1.165) is 25.3 Å². The van der Waals surface area contributed by atoms with E-state index in [2.05, 4.69) is 15.5 Å². The van der Waals surface area contributed by atoms with E-state index < -0.39 is 5.82 Å². The molecule has 0 radical (unpaired) electrons. The van der Waals surface area contributed by atoms with Gasteiger partial charge in [0.1, 0.15) is 17.3 Å². The third kappa shape index (κ3) is 4.00. The van der Waals surface area contributed by atoms with E-state index in [0.29, 0.717) is 22.5 Å². The van der Waals surface area contributed by atoms with Crippen LogP contribution in [-0.2, 0) is 16.8 Å². The summed E-state index contributed by atoms with van der Waals surface area (Å²) in [4.78, 5) is 16.7. The van der Waals surface area contributed by atoms with Gasteiger partial charge in [0.2, 0.25) is 11.7 Å². The zero-order valence-electron chi connectivity index (χ0n) is 16.7. The van der Waals surface area contributed by atoms with Crippen LogP contribution in [0.5, 0.6) is 11.5 Å². The van der Waals surface area contributed by atoms with E-state index >= 15 is 0 Å². The van der Waals surface area contributed by atoms with Crippen LogP contribution in [0.3, 0.4) is 0 Å². The Balaban J connectivity index is 1.09. The van der Waals surface area contributed by atoms with Crippen molar-refractivity contribution in [1.82, 2.24) is 15.5 Å². The summed E-state index contributed by atoms with van der Waals surface area (Å²) in [5.74, 6) is 1.07. The van der Waals surface area contributed by atoms with Gasteiger partial charge in [-0.2, -0.15) is 4.98 Å². The minimum Gasteiger partial charge on any atom is -0.485 e. The van der Waals surface area contributed by atoms with E-state index in [4.69, 9.17) is 37.2 Å². The second kappa shape index (κ2) is 7.94. The number of hydrogen-bond donors (Lipinski definition) is 1. The Labute approximate surface area is 192 Å². The molecule has 6 rings (SSSR count). The average molecular weight is 478 g/mol. The molecule has 0 atom stereocenters. The quantitative estimate of drug-likeness (QED) is 0.515. The van der Waals surface area contributed by atoms with E-state index in [-0.39, 0.29) is 40.8 Å². The maximum atomic E-state index is 13.5. The van der Waals surface area contributed by atoms with Gasteiger partial charge >= 0.3 is 0 Å². The van der Waals surface area contributed by atoms with E-state index in [1.54, 1.807) is 24.3 Å². The molecule has 2 bridgehead atoms. The monoisotopic (exact) mass is 477 g/mol. The predicted molar refractivity (Wildman–Crippen MR) is 113 cm³/mol. The largest absolute Gasteiger partial charge is 0.485 e. The maximum Gasteiger partial charge on any atom is 0.258 e. The number of amides is 1. The van der Waals surface area contributed by atoms with Crippen molar-refractivity contribution in [1.29, 1.82) is 0 Å². The van der Waals surface area contributed by atoms with Crippen LogP contribution < -0.4 is 14.8 Å². The number of rotatable bonds is 8. The van der Waals surface area contributed by atoms with Crippen LogP contribution in [0.4, 0.5) is 4.39 Å². The molecule has 0 saturated heterocycles. The molecule has 1 aromatic heterocycles. The molecule has 0 spiro atoms. The van der Waals surface area contributed by atoms with Gasteiger partial charge in [-0.1, -0.05) is 28.4 Å². The number of nitrogens with zero attached hydrogens (tertiary/aromatic N) is 2. The third-order valence-corrected chi connectivity index (χ3v) is 6.36. The first kappa shape index (κ1) is 21.0. The Bertz CT molecular complexity index is 1150. The van der Waals surface area contributed by atoms with Gasteiger partial charge in [0.15, 0.2) is 13.2 Å². The van der Waals surface area contributed by atoms with Crippen LogP contribution in [0.2, 0.25) is 10.0 Å². The Kier molecular flexibility index (Phi) is 5.22. The highest BCUT2D eigenvalue weighted by atomic mass is 35.5. The first-order chi connectivity index (χ1) is 15.3. The number of carbonyl (C=O) groups is 1. The summed E-state index contributed by atoms with van der Waals surface area (Å²) in [6.45, 7) is -0.0196. The highest BCUT2D eigenvalue weighted by molar-refractivity contribution is 6.30. The Morgan fingerprint density at radius 2 is 1.81 bits per heavy atom. The van der Waals surface area contributed by atoms with Crippen LogP contribution in [-0.4, -0.2) is 28.2 Å². The number of aromatic nitrogens is 2. The fourth-order valence-corrected chi connectivity index (χ4v) is 4.64. The SMILES string of the molecule is O=C(COc1ccc(Cl)c(F)c1)NC12CC(c3nc(COc4ccc(Cl)cc4)no3)(C1)C2. The lowest BCUT2D eigenvalue weighted by atomic mass is 9.39. The lowest BCUT2D eigenvalue weighted by molar-refractivity contribution is -0.143. The van der Waals surface area contributed by atoms with Gasteiger partial charge in [-0.3, -0.25) is 4.79 Å². The molecular formula is C22H18Cl2FN3O4. The summed E-state index contributed by atoms with van der Waals surface area (Å²) in [5.41, 5.74) is -0.473.